The molecule has 1 aliphatic carbocycles. The van der Waals surface area contributed by atoms with E-state index < -0.39 is 0 Å². The lowest BCUT2D eigenvalue weighted by Crippen LogP contribution is -2.31. The van der Waals surface area contributed by atoms with Gasteiger partial charge in [0.05, 0.1) is 12.8 Å². The summed E-state index contributed by atoms with van der Waals surface area (Å²) in [5.74, 6) is 0.869. The van der Waals surface area contributed by atoms with Crippen LogP contribution in [0.25, 0.3) is 0 Å². The number of amides is 1. The van der Waals surface area contributed by atoms with Crippen LogP contribution in [0.15, 0.2) is 22.8 Å². The molecule has 1 aromatic heterocycles. The van der Waals surface area contributed by atoms with Crippen LogP contribution in [0.2, 0.25) is 0 Å². The maximum Gasteiger partial charge on any atom is 0.221 e. The quantitative estimate of drug-likeness (QED) is 0.792. The first kappa shape index (κ1) is 12.2. The molecule has 0 radical (unpaired) electrons. The van der Waals surface area contributed by atoms with Crippen molar-refractivity contribution >= 4 is 5.91 Å². The number of furan rings is 1. The Bertz CT molecular complexity index is 329. The van der Waals surface area contributed by atoms with Crippen LogP contribution in [-0.4, -0.2) is 18.5 Å². The zero-order valence-corrected chi connectivity index (χ0v) is 10.1. The number of carbonyl (C=O) groups excluding carboxylic acids is 1. The van der Waals surface area contributed by atoms with Crippen LogP contribution in [0.5, 0.6) is 0 Å². The second kappa shape index (κ2) is 6.45. The van der Waals surface area contributed by atoms with E-state index in [-0.39, 0.29) is 5.91 Å². The number of rotatable bonds is 6. The van der Waals surface area contributed by atoms with Crippen LogP contribution >= 0.6 is 0 Å². The van der Waals surface area contributed by atoms with Crippen molar-refractivity contribution in [2.45, 2.75) is 44.7 Å². The predicted molar refractivity (Wildman–Crippen MR) is 65.4 cm³/mol. The average molecular weight is 236 g/mol. The SMILES string of the molecule is O=C(CCNC1CCCC1)NCc1ccco1. The molecule has 0 aromatic carbocycles. The molecule has 0 bridgehead atoms. The van der Waals surface area contributed by atoms with Crippen LogP contribution in [-0.2, 0) is 11.3 Å². The lowest BCUT2D eigenvalue weighted by atomic mass is 10.2. The van der Waals surface area contributed by atoms with Gasteiger partial charge in [0.2, 0.25) is 5.91 Å². The molecule has 2 N–H and O–H groups in total. The molecule has 94 valence electrons. The highest BCUT2D eigenvalue weighted by molar-refractivity contribution is 5.75. The topological polar surface area (TPSA) is 54.3 Å². The number of hydrogen-bond donors (Lipinski definition) is 2. The molecule has 1 aromatic rings. The fraction of sp³-hybridized carbons (Fsp3) is 0.615. The van der Waals surface area contributed by atoms with E-state index in [1.54, 1.807) is 6.26 Å². The van der Waals surface area contributed by atoms with E-state index in [2.05, 4.69) is 10.6 Å². The van der Waals surface area contributed by atoms with Crippen LogP contribution in [0.4, 0.5) is 0 Å². The summed E-state index contributed by atoms with van der Waals surface area (Å²) in [6.07, 6.45) is 7.31. The van der Waals surface area contributed by atoms with Gasteiger partial charge in [-0.25, -0.2) is 0 Å². The largest absolute Gasteiger partial charge is 0.467 e. The molecule has 0 saturated heterocycles. The maximum absolute atomic E-state index is 11.5. The van der Waals surface area contributed by atoms with E-state index in [4.69, 9.17) is 4.42 Å². The van der Waals surface area contributed by atoms with Gasteiger partial charge in [-0.3, -0.25) is 4.79 Å². The first-order valence-electron chi connectivity index (χ1n) is 6.37. The molecule has 2 rings (SSSR count). The Morgan fingerprint density at radius 2 is 2.24 bits per heavy atom. The van der Waals surface area contributed by atoms with Crippen LogP contribution in [0, 0.1) is 0 Å². The third-order valence-corrected chi connectivity index (χ3v) is 3.18. The summed E-state index contributed by atoms with van der Waals surface area (Å²) in [6, 6.07) is 4.31. The molecular formula is C13H20N2O2. The smallest absolute Gasteiger partial charge is 0.221 e. The van der Waals surface area contributed by atoms with Crippen molar-refractivity contribution in [1.29, 1.82) is 0 Å². The molecule has 0 aliphatic heterocycles. The van der Waals surface area contributed by atoms with Crippen molar-refractivity contribution in [2.75, 3.05) is 6.54 Å². The predicted octanol–water partition coefficient (Wildman–Crippen LogP) is 1.82. The van der Waals surface area contributed by atoms with Crippen LogP contribution in [0.3, 0.4) is 0 Å². The standard InChI is InChI=1S/C13H20N2O2/c16-13(15-10-12-6-3-9-17-12)7-8-14-11-4-1-2-5-11/h3,6,9,11,14H,1-2,4-5,7-8,10H2,(H,15,16). The Labute approximate surface area is 102 Å². The highest BCUT2D eigenvalue weighted by Gasteiger charge is 2.14. The molecule has 1 aliphatic rings. The number of nitrogens with one attached hydrogen (secondary N) is 2. The Morgan fingerprint density at radius 1 is 1.41 bits per heavy atom. The zero-order valence-electron chi connectivity index (χ0n) is 10.1. The summed E-state index contributed by atoms with van der Waals surface area (Å²) in [4.78, 5) is 11.5. The molecular weight excluding hydrogens is 216 g/mol. The van der Waals surface area contributed by atoms with E-state index in [1.165, 1.54) is 25.7 Å². The Kier molecular flexibility index (Phi) is 4.62. The van der Waals surface area contributed by atoms with Gasteiger partial charge in [0.15, 0.2) is 0 Å². The monoisotopic (exact) mass is 236 g/mol. The normalized spacial score (nSPS) is 16.2. The molecule has 0 unspecified atom stereocenters. The number of carbonyl (C=O) groups is 1. The Hall–Kier alpha value is -1.29. The lowest BCUT2D eigenvalue weighted by Gasteiger charge is -2.11. The van der Waals surface area contributed by atoms with Gasteiger partial charge in [-0.1, -0.05) is 12.8 Å². The molecule has 1 fully saturated rings. The van der Waals surface area contributed by atoms with Crippen LogP contribution in [0.1, 0.15) is 37.9 Å². The van der Waals surface area contributed by atoms with Gasteiger partial charge >= 0.3 is 0 Å². The summed E-state index contributed by atoms with van der Waals surface area (Å²) in [7, 11) is 0. The fourth-order valence-electron chi connectivity index (χ4n) is 2.21. The van der Waals surface area contributed by atoms with Gasteiger partial charge in [-0.15, -0.1) is 0 Å². The first-order chi connectivity index (χ1) is 8.34. The van der Waals surface area contributed by atoms with Crippen molar-refractivity contribution in [1.82, 2.24) is 10.6 Å². The number of hydrogen-bond acceptors (Lipinski definition) is 3. The van der Waals surface area contributed by atoms with E-state index >= 15 is 0 Å². The molecule has 1 saturated carbocycles. The fourth-order valence-corrected chi connectivity index (χ4v) is 2.21. The molecule has 4 heteroatoms. The third-order valence-electron chi connectivity index (χ3n) is 3.18. The maximum atomic E-state index is 11.5. The van der Waals surface area contributed by atoms with Gasteiger partial charge in [0, 0.05) is 19.0 Å². The Balaban J connectivity index is 1.54. The highest BCUT2D eigenvalue weighted by Crippen LogP contribution is 2.17. The van der Waals surface area contributed by atoms with Gasteiger partial charge in [-0.05, 0) is 25.0 Å². The van der Waals surface area contributed by atoms with E-state index in [1.807, 2.05) is 12.1 Å². The summed E-state index contributed by atoms with van der Waals surface area (Å²) in [5.41, 5.74) is 0. The van der Waals surface area contributed by atoms with Crippen molar-refractivity contribution in [3.8, 4) is 0 Å². The van der Waals surface area contributed by atoms with Gasteiger partial charge < -0.3 is 15.1 Å². The summed E-state index contributed by atoms with van der Waals surface area (Å²) >= 11 is 0. The zero-order chi connectivity index (χ0) is 11.9. The minimum Gasteiger partial charge on any atom is -0.467 e. The van der Waals surface area contributed by atoms with Crippen molar-refractivity contribution in [2.24, 2.45) is 0 Å². The molecule has 17 heavy (non-hydrogen) atoms. The van der Waals surface area contributed by atoms with Crippen molar-refractivity contribution in [3.05, 3.63) is 24.2 Å². The van der Waals surface area contributed by atoms with Crippen molar-refractivity contribution in [3.63, 3.8) is 0 Å². The molecule has 4 nitrogen and oxygen atoms in total. The summed E-state index contributed by atoms with van der Waals surface area (Å²) < 4.78 is 5.14. The minimum atomic E-state index is 0.0758. The molecule has 1 amide bonds. The van der Waals surface area contributed by atoms with E-state index in [0.29, 0.717) is 19.0 Å². The van der Waals surface area contributed by atoms with E-state index in [9.17, 15) is 4.79 Å². The average Bonchev–Trinajstić information content (AvgIpc) is 2.99. The first-order valence-corrected chi connectivity index (χ1v) is 6.37. The molecule has 1 heterocycles. The third kappa shape index (κ3) is 4.23. The molecule has 0 atom stereocenters. The second-order valence-corrected chi connectivity index (χ2v) is 4.54. The Morgan fingerprint density at radius 3 is 2.94 bits per heavy atom. The lowest BCUT2D eigenvalue weighted by molar-refractivity contribution is -0.121. The van der Waals surface area contributed by atoms with E-state index in [0.717, 1.165) is 12.3 Å². The summed E-state index contributed by atoms with van der Waals surface area (Å²) in [5, 5.41) is 6.26. The summed E-state index contributed by atoms with van der Waals surface area (Å²) in [6.45, 7) is 1.25. The minimum absolute atomic E-state index is 0.0758. The van der Waals surface area contributed by atoms with Crippen LogP contribution < -0.4 is 10.6 Å². The van der Waals surface area contributed by atoms with Gasteiger partial charge in [0.1, 0.15) is 5.76 Å². The van der Waals surface area contributed by atoms with Gasteiger partial charge in [0.25, 0.3) is 0 Å². The second-order valence-electron chi connectivity index (χ2n) is 4.54. The van der Waals surface area contributed by atoms with Crippen molar-refractivity contribution < 1.29 is 9.21 Å². The highest BCUT2D eigenvalue weighted by atomic mass is 16.3. The van der Waals surface area contributed by atoms with Gasteiger partial charge in [-0.2, -0.15) is 0 Å². The molecule has 0 spiro atoms.